The highest BCUT2D eigenvalue weighted by Crippen LogP contribution is 2.22. The molecule has 2 rings (SSSR count). The van der Waals surface area contributed by atoms with Gasteiger partial charge in [0.15, 0.2) is 12.4 Å². The molecular weight excluding hydrogens is 370 g/mol. The molecule has 0 saturated carbocycles. The fraction of sp³-hybridized carbons (Fsp3) is 0.133. The summed E-state index contributed by atoms with van der Waals surface area (Å²) in [5.74, 6) is -1.11. The lowest BCUT2D eigenvalue weighted by Crippen LogP contribution is -2.20. The highest BCUT2D eigenvalue weighted by molar-refractivity contribution is 9.11. The Hall–Kier alpha value is -1.99. The number of carbonyl (C=O) groups is 3. The van der Waals surface area contributed by atoms with Crippen molar-refractivity contribution in [1.82, 2.24) is 0 Å². The molecule has 1 N–H and O–H groups in total. The van der Waals surface area contributed by atoms with Crippen molar-refractivity contribution >= 4 is 50.6 Å². The summed E-state index contributed by atoms with van der Waals surface area (Å²) < 4.78 is 5.73. The molecule has 0 spiro atoms. The standard InChI is InChI=1S/C15H12BrNO4S/c1-9(18)10-3-2-4-11(7-10)17-14(19)8-21-15(20)12-5-6-13(16)22-12/h2-7H,8H2,1H3,(H,17,19). The van der Waals surface area contributed by atoms with Gasteiger partial charge < -0.3 is 10.1 Å². The van der Waals surface area contributed by atoms with Crippen LogP contribution in [0.1, 0.15) is 27.0 Å². The third kappa shape index (κ3) is 4.51. The number of ketones is 1. The van der Waals surface area contributed by atoms with Crippen molar-refractivity contribution in [2.45, 2.75) is 6.92 Å². The maximum atomic E-state index is 11.8. The molecule has 0 atom stereocenters. The Labute approximate surface area is 139 Å². The molecule has 0 aliphatic rings. The van der Waals surface area contributed by atoms with Crippen LogP contribution in [0.4, 0.5) is 5.69 Å². The molecule has 7 heteroatoms. The topological polar surface area (TPSA) is 72.5 Å². The van der Waals surface area contributed by atoms with Crippen molar-refractivity contribution < 1.29 is 19.1 Å². The average Bonchev–Trinajstić information content (AvgIpc) is 2.91. The second-order valence-corrected chi connectivity index (χ2v) is 6.83. The number of Topliss-reactive ketones (excluding diaryl/α,β-unsaturated/α-hetero) is 1. The molecule has 0 fully saturated rings. The number of hydrogen-bond acceptors (Lipinski definition) is 5. The van der Waals surface area contributed by atoms with Gasteiger partial charge in [0.05, 0.1) is 3.79 Å². The number of anilines is 1. The quantitative estimate of drug-likeness (QED) is 0.635. The first-order chi connectivity index (χ1) is 10.5. The Morgan fingerprint density at radius 3 is 2.64 bits per heavy atom. The lowest BCUT2D eigenvalue weighted by atomic mass is 10.1. The van der Waals surface area contributed by atoms with Gasteiger partial charge >= 0.3 is 5.97 Å². The second kappa shape index (κ2) is 7.33. The van der Waals surface area contributed by atoms with Crippen LogP contribution in [0.3, 0.4) is 0 Å². The molecule has 0 aliphatic carbocycles. The van der Waals surface area contributed by atoms with Crippen LogP contribution in [-0.4, -0.2) is 24.3 Å². The molecule has 1 heterocycles. The number of rotatable bonds is 5. The van der Waals surface area contributed by atoms with Crippen molar-refractivity contribution in [2.24, 2.45) is 0 Å². The van der Waals surface area contributed by atoms with E-state index in [-0.39, 0.29) is 5.78 Å². The summed E-state index contributed by atoms with van der Waals surface area (Å²) in [7, 11) is 0. The summed E-state index contributed by atoms with van der Waals surface area (Å²) in [6, 6.07) is 9.90. The Bertz CT molecular complexity index is 726. The number of ether oxygens (including phenoxy) is 1. The zero-order valence-corrected chi connectivity index (χ0v) is 14.0. The summed E-state index contributed by atoms with van der Waals surface area (Å²) >= 11 is 4.48. The minimum absolute atomic E-state index is 0.0919. The van der Waals surface area contributed by atoms with Crippen LogP contribution in [0.25, 0.3) is 0 Å². The normalized spacial score (nSPS) is 10.1. The largest absolute Gasteiger partial charge is 0.451 e. The molecule has 114 valence electrons. The zero-order valence-electron chi connectivity index (χ0n) is 11.6. The highest BCUT2D eigenvalue weighted by atomic mass is 79.9. The molecule has 1 aromatic heterocycles. The molecule has 0 bridgehead atoms. The van der Waals surface area contributed by atoms with Crippen LogP contribution >= 0.6 is 27.3 Å². The van der Waals surface area contributed by atoms with Gasteiger partial charge in [-0.15, -0.1) is 11.3 Å². The highest BCUT2D eigenvalue weighted by Gasteiger charge is 2.12. The van der Waals surface area contributed by atoms with Gasteiger partial charge in [-0.05, 0) is 47.1 Å². The molecule has 5 nitrogen and oxygen atoms in total. The minimum Gasteiger partial charge on any atom is -0.451 e. The van der Waals surface area contributed by atoms with E-state index >= 15 is 0 Å². The number of nitrogens with one attached hydrogen (secondary N) is 1. The van der Waals surface area contributed by atoms with Gasteiger partial charge in [0, 0.05) is 11.3 Å². The van der Waals surface area contributed by atoms with Crippen molar-refractivity contribution in [3.8, 4) is 0 Å². The van der Waals surface area contributed by atoms with Gasteiger partial charge in [-0.25, -0.2) is 4.79 Å². The van der Waals surface area contributed by atoms with Crippen molar-refractivity contribution in [3.05, 3.63) is 50.6 Å². The Balaban J connectivity index is 1.89. The fourth-order valence-electron chi connectivity index (χ4n) is 1.64. The van der Waals surface area contributed by atoms with Crippen molar-refractivity contribution in [1.29, 1.82) is 0 Å². The van der Waals surface area contributed by atoms with E-state index in [0.717, 1.165) is 3.79 Å². The summed E-state index contributed by atoms with van der Waals surface area (Å²) in [5, 5.41) is 2.57. The van der Waals surface area contributed by atoms with E-state index in [2.05, 4.69) is 21.2 Å². The van der Waals surface area contributed by atoms with Gasteiger partial charge in [0.25, 0.3) is 5.91 Å². The Morgan fingerprint density at radius 2 is 2.00 bits per heavy atom. The van der Waals surface area contributed by atoms with Crippen LogP contribution in [-0.2, 0) is 9.53 Å². The van der Waals surface area contributed by atoms with Crippen LogP contribution in [0.5, 0.6) is 0 Å². The van der Waals surface area contributed by atoms with Gasteiger partial charge in [-0.1, -0.05) is 12.1 Å². The molecule has 0 radical (unpaired) electrons. The number of thiophene rings is 1. The van der Waals surface area contributed by atoms with E-state index in [9.17, 15) is 14.4 Å². The van der Waals surface area contributed by atoms with Crippen molar-refractivity contribution in [3.63, 3.8) is 0 Å². The van der Waals surface area contributed by atoms with E-state index < -0.39 is 18.5 Å². The van der Waals surface area contributed by atoms with Crippen LogP contribution in [0, 0.1) is 0 Å². The Morgan fingerprint density at radius 1 is 1.23 bits per heavy atom. The molecule has 22 heavy (non-hydrogen) atoms. The van der Waals surface area contributed by atoms with Gasteiger partial charge in [-0.3, -0.25) is 9.59 Å². The number of hydrogen-bond donors (Lipinski definition) is 1. The van der Waals surface area contributed by atoms with Crippen molar-refractivity contribution in [2.75, 3.05) is 11.9 Å². The van der Waals surface area contributed by atoms with E-state index in [4.69, 9.17) is 4.74 Å². The van der Waals surface area contributed by atoms with Crippen LogP contribution in [0.2, 0.25) is 0 Å². The van der Waals surface area contributed by atoms with E-state index in [1.807, 2.05) is 0 Å². The molecule has 2 aromatic rings. The first-order valence-electron chi connectivity index (χ1n) is 6.29. The van der Waals surface area contributed by atoms with E-state index in [0.29, 0.717) is 16.1 Å². The van der Waals surface area contributed by atoms with Crippen LogP contribution in [0.15, 0.2) is 40.2 Å². The first-order valence-corrected chi connectivity index (χ1v) is 7.90. The van der Waals surface area contributed by atoms with Gasteiger partial charge in [0.2, 0.25) is 0 Å². The number of carbonyl (C=O) groups excluding carboxylic acids is 3. The third-order valence-electron chi connectivity index (χ3n) is 2.66. The fourth-order valence-corrected chi connectivity index (χ4v) is 2.92. The van der Waals surface area contributed by atoms with E-state index in [1.165, 1.54) is 18.3 Å². The number of amides is 1. The zero-order chi connectivity index (χ0) is 16.1. The second-order valence-electron chi connectivity index (χ2n) is 4.37. The predicted molar refractivity (Wildman–Crippen MR) is 87.4 cm³/mol. The van der Waals surface area contributed by atoms with Gasteiger partial charge in [0.1, 0.15) is 4.88 Å². The van der Waals surface area contributed by atoms with Crippen LogP contribution < -0.4 is 5.32 Å². The summed E-state index contributed by atoms with van der Waals surface area (Å²) in [5.41, 5.74) is 0.978. The number of halogens is 1. The molecule has 0 aliphatic heterocycles. The molecule has 0 unspecified atom stereocenters. The third-order valence-corrected chi connectivity index (χ3v) is 4.27. The maximum Gasteiger partial charge on any atom is 0.348 e. The summed E-state index contributed by atoms with van der Waals surface area (Å²) in [4.78, 5) is 35.1. The first kappa shape index (κ1) is 16.4. The number of esters is 1. The average molecular weight is 382 g/mol. The smallest absolute Gasteiger partial charge is 0.348 e. The Kier molecular flexibility index (Phi) is 5.46. The summed E-state index contributed by atoms with van der Waals surface area (Å²) in [6.07, 6.45) is 0. The lowest BCUT2D eigenvalue weighted by molar-refractivity contribution is -0.119. The molecule has 0 saturated heterocycles. The lowest BCUT2D eigenvalue weighted by Gasteiger charge is -2.07. The molecule has 1 amide bonds. The minimum atomic E-state index is -0.552. The predicted octanol–water partition coefficient (Wildman–Crippen LogP) is 3.51. The number of benzene rings is 1. The summed E-state index contributed by atoms with van der Waals surface area (Å²) in [6.45, 7) is 1.06. The molecule has 1 aromatic carbocycles. The monoisotopic (exact) mass is 381 g/mol. The maximum absolute atomic E-state index is 11.8. The SMILES string of the molecule is CC(=O)c1cccc(NC(=O)COC(=O)c2ccc(Br)s2)c1. The van der Waals surface area contributed by atoms with E-state index in [1.54, 1.807) is 36.4 Å². The molecular formula is C15H12BrNO4S. The van der Waals surface area contributed by atoms with Gasteiger partial charge in [-0.2, -0.15) is 0 Å².